The van der Waals surface area contributed by atoms with Crippen LogP contribution in [0.5, 0.6) is 11.8 Å². The van der Waals surface area contributed by atoms with Gasteiger partial charge in [-0.3, -0.25) is 0 Å². The molecule has 0 saturated heterocycles. The van der Waals surface area contributed by atoms with Crippen molar-refractivity contribution in [2.75, 3.05) is 14.2 Å². The molecule has 168 valence electrons. The summed E-state index contributed by atoms with van der Waals surface area (Å²) in [5, 5.41) is 1.26. The number of halogens is 3. The SMILES string of the molecule is COc1cc(C)cc(C)n1.COc1nc(C)c(Cl)c(C)c1Br.Cc1cc(C)nc(Cl)c1. The third-order valence-corrected chi connectivity index (χ3v) is 5.66. The lowest BCUT2D eigenvalue weighted by Crippen LogP contribution is -1.95. The van der Waals surface area contributed by atoms with Crippen molar-refractivity contribution in [3.8, 4) is 11.8 Å². The molecule has 3 heterocycles. The number of pyridine rings is 3. The molecule has 3 rings (SSSR count). The Morgan fingerprint density at radius 2 is 1.29 bits per heavy atom. The molecule has 0 N–H and O–H groups in total. The second-order valence-corrected chi connectivity index (χ2v) is 8.45. The van der Waals surface area contributed by atoms with Crippen LogP contribution in [0.3, 0.4) is 0 Å². The van der Waals surface area contributed by atoms with E-state index in [2.05, 4.69) is 30.9 Å². The molecule has 3 aromatic rings. The molecule has 0 bridgehead atoms. The van der Waals surface area contributed by atoms with Crippen LogP contribution >= 0.6 is 39.1 Å². The van der Waals surface area contributed by atoms with E-state index in [1.165, 1.54) is 5.56 Å². The molecule has 0 aliphatic rings. The average Bonchev–Trinajstić information content (AvgIpc) is 2.68. The number of methoxy groups -OCH3 is 2. The number of aryl methyl sites for hydroxylation is 5. The highest BCUT2D eigenvalue weighted by Gasteiger charge is 2.11. The van der Waals surface area contributed by atoms with Gasteiger partial charge in [0.1, 0.15) is 5.15 Å². The third kappa shape index (κ3) is 9.01. The van der Waals surface area contributed by atoms with Gasteiger partial charge in [0.15, 0.2) is 0 Å². The first-order valence-electron chi connectivity index (χ1n) is 9.44. The normalized spacial score (nSPS) is 9.77. The van der Waals surface area contributed by atoms with Crippen molar-refractivity contribution < 1.29 is 9.47 Å². The lowest BCUT2D eigenvalue weighted by atomic mass is 10.2. The zero-order chi connectivity index (χ0) is 23.7. The molecule has 0 fully saturated rings. The summed E-state index contributed by atoms with van der Waals surface area (Å²) in [5.74, 6) is 1.27. The minimum Gasteiger partial charge on any atom is -0.481 e. The van der Waals surface area contributed by atoms with Gasteiger partial charge in [-0.25, -0.2) is 15.0 Å². The van der Waals surface area contributed by atoms with Crippen LogP contribution in [0, 0.1) is 41.5 Å². The van der Waals surface area contributed by atoms with E-state index in [0.717, 1.165) is 32.7 Å². The van der Waals surface area contributed by atoms with Crippen LogP contribution < -0.4 is 9.47 Å². The third-order valence-electron chi connectivity index (χ3n) is 3.98. The summed E-state index contributed by atoms with van der Waals surface area (Å²) >= 11 is 15.0. The number of aromatic nitrogens is 3. The van der Waals surface area contributed by atoms with Crippen LogP contribution in [0.15, 0.2) is 28.7 Å². The Balaban J connectivity index is 0.000000235. The molecule has 3 aromatic heterocycles. The van der Waals surface area contributed by atoms with Gasteiger partial charge in [0.05, 0.1) is 29.4 Å². The van der Waals surface area contributed by atoms with Crippen LogP contribution in [0.4, 0.5) is 0 Å². The molecule has 0 atom stereocenters. The first-order valence-corrected chi connectivity index (χ1v) is 11.0. The van der Waals surface area contributed by atoms with E-state index in [1.54, 1.807) is 14.2 Å². The van der Waals surface area contributed by atoms with Crippen LogP contribution in [0.25, 0.3) is 0 Å². The molecule has 0 unspecified atom stereocenters. The van der Waals surface area contributed by atoms with Crippen LogP contribution in [-0.4, -0.2) is 29.2 Å². The van der Waals surface area contributed by atoms with Crippen molar-refractivity contribution in [1.29, 1.82) is 0 Å². The fourth-order valence-corrected chi connectivity index (χ4v) is 3.62. The van der Waals surface area contributed by atoms with Crippen molar-refractivity contribution in [3.05, 3.63) is 72.7 Å². The maximum absolute atomic E-state index is 5.96. The maximum atomic E-state index is 5.96. The molecule has 0 amide bonds. The Kier molecular flexibility index (Phi) is 11.2. The molecular weight excluding hydrogens is 501 g/mol. The number of rotatable bonds is 2. The molecule has 8 heteroatoms. The van der Waals surface area contributed by atoms with Gasteiger partial charge in [0, 0.05) is 17.5 Å². The van der Waals surface area contributed by atoms with Gasteiger partial charge >= 0.3 is 0 Å². The van der Waals surface area contributed by atoms with Crippen LogP contribution in [0.2, 0.25) is 10.2 Å². The van der Waals surface area contributed by atoms with E-state index in [1.807, 2.05) is 65.8 Å². The Labute approximate surface area is 203 Å². The quantitative estimate of drug-likeness (QED) is 0.329. The molecule has 0 aliphatic carbocycles. The first kappa shape index (κ1) is 27.1. The number of ether oxygens (including phenoxy) is 2. The Morgan fingerprint density at radius 3 is 1.74 bits per heavy atom. The summed E-state index contributed by atoms with van der Waals surface area (Å²) in [6, 6.07) is 7.76. The minimum absolute atomic E-state index is 0.576. The molecule has 5 nitrogen and oxygen atoms in total. The fraction of sp³-hybridized carbons (Fsp3) is 0.348. The molecule has 0 saturated carbocycles. The van der Waals surface area contributed by atoms with E-state index in [0.29, 0.717) is 21.9 Å². The Bertz CT molecular complexity index is 959. The summed E-state index contributed by atoms with van der Waals surface area (Å²) in [6.45, 7) is 11.7. The smallest absolute Gasteiger partial charge is 0.228 e. The standard InChI is InChI=1S/C8H9BrClNO.C8H11NO.C7H8ClN/c1-4-6(9)8(12-3)11-5(2)7(4)10;1-6-4-7(2)9-8(5-6)10-3;1-5-3-6(2)9-7(8)4-5/h1-3H3;4-5H,1-3H3;3-4H,1-2H3. The van der Waals surface area contributed by atoms with Gasteiger partial charge in [0.2, 0.25) is 11.8 Å². The lowest BCUT2D eigenvalue weighted by Gasteiger charge is -2.08. The van der Waals surface area contributed by atoms with Crippen molar-refractivity contribution in [1.82, 2.24) is 15.0 Å². The largest absolute Gasteiger partial charge is 0.481 e. The summed E-state index contributed by atoms with van der Waals surface area (Å²) < 4.78 is 10.8. The van der Waals surface area contributed by atoms with Gasteiger partial charge in [-0.05, 0) is 92.4 Å². The number of hydrogen-bond donors (Lipinski definition) is 0. The highest BCUT2D eigenvalue weighted by molar-refractivity contribution is 9.10. The molecule has 31 heavy (non-hydrogen) atoms. The zero-order valence-electron chi connectivity index (χ0n) is 19.1. The van der Waals surface area contributed by atoms with E-state index in [9.17, 15) is 0 Å². The van der Waals surface area contributed by atoms with Crippen molar-refractivity contribution in [2.45, 2.75) is 41.5 Å². The maximum Gasteiger partial charge on any atom is 0.228 e. The molecule has 0 spiro atoms. The van der Waals surface area contributed by atoms with Gasteiger partial charge in [-0.1, -0.05) is 23.2 Å². The second-order valence-electron chi connectivity index (χ2n) is 6.90. The highest BCUT2D eigenvalue weighted by Crippen LogP contribution is 2.32. The second kappa shape index (κ2) is 12.8. The number of nitrogens with zero attached hydrogens (tertiary/aromatic N) is 3. The summed E-state index contributed by atoms with van der Waals surface area (Å²) in [4.78, 5) is 12.3. The topological polar surface area (TPSA) is 57.1 Å². The first-order chi connectivity index (χ1) is 14.5. The number of hydrogen-bond acceptors (Lipinski definition) is 5. The van der Waals surface area contributed by atoms with Gasteiger partial charge in [-0.2, -0.15) is 0 Å². The average molecular weight is 529 g/mol. The van der Waals surface area contributed by atoms with Crippen LogP contribution in [0.1, 0.15) is 33.8 Å². The predicted molar refractivity (Wildman–Crippen MR) is 132 cm³/mol. The predicted octanol–water partition coefficient (Wildman–Crippen LogP) is 7.18. The fourth-order valence-electron chi connectivity index (χ4n) is 2.61. The van der Waals surface area contributed by atoms with Crippen molar-refractivity contribution in [2.24, 2.45) is 0 Å². The molecule has 0 aliphatic heterocycles. The van der Waals surface area contributed by atoms with E-state index >= 15 is 0 Å². The summed E-state index contributed by atoms with van der Waals surface area (Å²) in [6.07, 6.45) is 0. The van der Waals surface area contributed by atoms with E-state index in [-0.39, 0.29) is 0 Å². The lowest BCUT2D eigenvalue weighted by molar-refractivity contribution is 0.393. The van der Waals surface area contributed by atoms with E-state index in [4.69, 9.17) is 32.7 Å². The monoisotopic (exact) mass is 527 g/mol. The summed E-state index contributed by atoms with van der Waals surface area (Å²) in [5.41, 5.74) is 6.06. The van der Waals surface area contributed by atoms with Gasteiger partial charge in [-0.15, -0.1) is 0 Å². The summed E-state index contributed by atoms with van der Waals surface area (Å²) in [7, 11) is 3.21. The van der Waals surface area contributed by atoms with E-state index < -0.39 is 0 Å². The molecular formula is C23H28BrCl2N3O2. The Hall–Kier alpha value is -1.89. The van der Waals surface area contributed by atoms with Crippen molar-refractivity contribution in [3.63, 3.8) is 0 Å². The minimum atomic E-state index is 0.576. The van der Waals surface area contributed by atoms with Crippen molar-refractivity contribution >= 4 is 39.1 Å². The highest BCUT2D eigenvalue weighted by atomic mass is 79.9. The Morgan fingerprint density at radius 1 is 0.742 bits per heavy atom. The molecule has 0 radical (unpaired) electrons. The zero-order valence-corrected chi connectivity index (χ0v) is 22.2. The van der Waals surface area contributed by atoms with Crippen LogP contribution in [-0.2, 0) is 0 Å². The molecule has 0 aromatic carbocycles. The van der Waals surface area contributed by atoms with Gasteiger partial charge < -0.3 is 9.47 Å². The van der Waals surface area contributed by atoms with Gasteiger partial charge in [0.25, 0.3) is 0 Å².